The Kier molecular flexibility index (Phi) is 7.11. The van der Waals surface area contributed by atoms with Crippen molar-refractivity contribution >= 4 is 46.1 Å². The number of amides is 1. The Morgan fingerprint density at radius 3 is 2.58 bits per heavy atom. The van der Waals surface area contributed by atoms with E-state index in [9.17, 15) is 18.0 Å². The molecule has 0 radical (unpaired) electrons. The number of thiophene rings is 1. The first-order valence-corrected chi connectivity index (χ1v) is 9.00. The Morgan fingerprint density at radius 2 is 2.00 bits per heavy atom. The molecular formula is C17H15Cl2F3N2OS. The molecule has 0 atom stereocenters. The van der Waals surface area contributed by atoms with Gasteiger partial charge in [-0.15, -0.1) is 17.9 Å². The van der Waals surface area contributed by atoms with Crippen molar-refractivity contribution in [2.24, 2.45) is 0 Å². The van der Waals surface area contributed by atoms with Gasteiger partial charge in [0.05, 0.1) is 22.1 Å². The van der Waals surface area contributed by atoms with Gasteiger partial charge in [-0.25, -0.2) is 0 Å². The van der Waals surface area contributed by atoms with E-state index in [4.69, 9.17) is 23.2 Å². The van der Waals surface area contributed by atoms with Gasteiger partial charge in [-0.1, -0.05) is 29.3 Å². The summed E-state index contributed by atoms with van der Waals surface area (Å²) in [4.78, 5) is 14.9. The van der Waals surface area contributed by atoms with Crippen LogP contribution < -0.4 is 5.32 Å². The van der Waals surface area contributed by atoms with E-state index in [-0.39, 0.29) is 17.3 Å². The number of nitrogens with zero attached hydrogens (tertiary/aromatic N) is 1. The number of hydrogen-bond donors (Lipinski definition) is 1. The van der Waals surface area contributed by atoms with E-state index in [2.05, 4.69) is 11.9 Å². The molecule has 1 aromatic heterocycles. The minimum absolute atomic E-state index is 0.0572. The van der Waals surface area contributed by atoms with Crippen molar-refractivity contribution in [3.05, 3.63) is 62.8 Å². The predicted octanol–water partition coefficient (Wildman–Crippen LogP) is 5.70. The Balaban J connectivity index is 2.09. The third kappa shape index (κ3) is 6.02. The SMILES string of the molecule is C=CCN(CC(=O)Nc1ccc(Cl)cc1C(F)(F)F)Cc1ccc(Cl)s1. The highest BCUT2D eigenvalue weighted by atomic mass is 35.5. The first-order valence-electron chi connectivity index (χ1n) is 7.43. The topological polar surface area (TPSA) is 32.3 Å². The number of carbonyl (C=O) groups excluding carboxylic acids is 1. The van der Waals surface area contributed by atoms with Gasteiger partial charge in [-0.05, 0) is 30.3 Å². The van der Waals surface area contributed by atoms with Crippen LogP contribution in [0.1, 0.15) is 10.4 Å². The molecule has 3 nitrogen and oxygen atoms in total. The van der Waals surface area contributed by atoms with Crippen molar-refractivity contribution in [2.45, 2.75) is 12.7 Å². The molecule has 0 saturated heterocycles. The lowest BCUT2D eigenvalue weighted by atomic mass is 10.1. The first-order chi connectivity index (χ1) is 12.2. The molecule has 1 N–H and O–H groups in total. The Bertz CT molecular complexity index is 793. The molecule has 2 aromatic rings. The smallest absolute Gasteiger partial charge is 0.324 e. The monoisotopic (exact) mass is 422 g/mol. The van der Waals surface area contributed by atoms with Gasteiger partial charge in [-0.2, -0.15) is 13.2 Å². The van der Waals surface area contributed by atoms with E-state index >= 15 is 0 Å². The number of halogens is 5. The standard InChI is InChI=1S/C17H15Cl2F3N2OS/c1-2-7-24(9-12-4-6-15(19)26-12)10-16(25)23-14-5-3-11(18)8-13(14)17(20,21)22/h2-6,8H,1,7,9-10H2,(H,23,25). The highest BCUT2D eigenvalue weighted by Crippen LogP contribution is 2.36. The van der Waals surface area contributed by atoms with Gasteiger partial charge < -0.3 is 5.32 Å². The van der Waals surface area contributed by atoms with Crippen molar-refractivity contribution in [2.75, 3.05) is 18.4 Å². The molecule has 0 fully saturated rings. The molecule has 0 bridgehead atoms. The molecule has 0 aliphatic heterocycles. The zero-order valence-corrected chi connectivity index (χ0v) is 15.8. The third-order valence-electron chi connectivity index (χ3n) is 3.32. The lowest BCUT2D eigenvalue weighted by molar-refractivity contribution is -0.137. The van der Waals surface area contributed by atoms with Crippen LogP contribution in [0.2, 0.25) is 9.36 Å². The van der Waals surface area contributed by atoms with E-state index in [1.54, 1.807) is 17.0 Å². The summed E-state index contributed by atoms with van der Waals surface area (Å²) in [7, 11) is 0. The van der Waals surface area contributed by atoms with E-state index < -0.39 is 17.6 Å². The average molecular weight is 423 g/mol. The Morgan fingerprint density at radius 1 is 1.27 bits per heavy atom. The minimum atomic E-state index is -4.62. The highest BCUT2D eigenvalue weighted by molar-refractivity contribution is 7.16. The molecule has 0 aliphatic carbocycles. The van der Waals surface area contributed by atoms with Gasteiger partial charge in [0.2, 0.25) is 5.91 Å². The van der Waals surface area contributed by atoms with Crippen LogP contribution in [0, 0.1) is 0 Å². The number of benzene rings is 1. The number of hydrogen-bond acceptors (Lipinski definition) is 3. The van der Waals surface area contributed by atoms with Gasteiger partial charge >= 0.3 is 6.18 Å². The van der Waals surface area contributed by atoms with Gasteiger partial charge in [0.15, 0.2) is 0 Å². The molecule has 0 aliphatic rings. The van der Waals surface area contributed by atoms with Crippen LogP contribution in [0.25, 0.3) is 0 Å². The van der Waals surface area contributed by atoms with E-state index in [0.29, 0.717) is 17.4 Å². The molecule has 140 valence electrons. The summed E-state index contributed by atoms with van der Waals surface area (Å²) >= 11 is 12.9. The summed E-state index contributed by atoms with van der Waals surface area (Å²) in [6, 6.07) is 6.80. The molecule has 0 unspecified atom stereocenters. The largest absolute Gasteiger partial charge is 0.418 e. The van der Waals surface area contributed by atoms with E-state index in [0.717, 1.165) is 17.0 Å². The average Bonchev–Trinajstić information content (AvgIpc) is 2.93. The second kappa shape index (κ2) is 8.90. The van der Waals surface area contributed by atoms with Crippen LogP contribution in [0.15, 0.2) is 43.0 Å². The van der Waals surface area contributed by atoms with Crippen LogP contribution in [0.3, 0.4) is 0 Å². The van der Waals surface area contributed by atoms with E-state index in [1.165, 1.54) is 17.4 Å². The van der Waals surface area contributed by atoms with E-state index in [1.807, 2.05) is 6.07 Å². The zero-order valence-electron chi connectivity index (χ0n) is 13.4. The molecule has 2 rings (SSSR count). The van der Waals surface area contributed by atoms with Crippen molar-refractivity contribution in [1.29, 1.82) is 0 Å². The molecule has 1 amide bonds. The molecule has 26 heavy (non-hydrogen) atoms. The minimum Gasteiger partial charge on any atom is -0.324 e. The lowest BCUT2D eigenvalue weighted by Gasteiger charge is -2.20. The molecular weight excluding hydrogens is 408 g/mol. The fourth-order valence-corrected chi connectivity index (χ4v) is 3.58. The third-order valence-corrected chi connectivity index (χ3v) is 4.77. The molecule has 1 heterocycles. The van der Waals surface area contributed by atoms with Gasteiger partial charge in [0.1, 0.15) is 0 Å². The summed E-state index contributed by atoms with van der Waals surface area (Å²) in [5.41, 5.74) is -1.32. The van der Waals surface area contributed by atoms with Crippen molar-refractivity contribution in [3.63, 3.8) is 0 Å². The highest BCUT2D eigenvalue weighted by Gasteiger charge is 2.34. The summed E-state index contributed by atoms with van der Waals surface area (Å²) in [6.45, 7) is 4.37. The lowest BCUT2D eigenvalue weighted by Crippen LogP contribution is -2.33. The quantitative estimate of drug-likeness (QED) is 0.580. The second-order valence-corrected chi connectivity index (χ2v) is 7.64. The van der Waals surface area contributed by atoms with Crippen LogP contribution in [0.4, 0.5) is 18.9 Å². The first kappa shape index (κ1) is 20.8. The molecule has 0 spiro atoms. The molecule has 0 saturated carbocycles. The summed E-state index contributed by atoms with van der Waals surface area (Å²) in [5.74, 6) is -0.567. The number of anilines is 1. The second-order valence-electron chi connectivity index (χ2n) is 5.40. The molecule has 1 aromatic carbocycles. The van der Waals surface area contributed by atoms with Crippen molar-refractivity contribution < 1.29 is 18.0 Å². The predicted molar refractivity (Wildman–Crippen MR) is 99.9 cm³/mol. The number of alkyl halides is 3. The van der Waals surface area contributed by atoms with Crippen LogP contribution >= 0.6 is 34.5 Å². The van der Waals surface area contributed by atoms with Crippen molar-refractivity contribution in [3.8, 4) is 0 Å². The van der Waals surface area contributed by atoms with Gasteiger partial charge in [0, 0.05) is 23.0 Å². The Labute approximate surface area is 163 Å². The maximum Gasteiger partial charge on any atom is 0.418 e. The van der Waals surface area contributed by atoms with Gasteiger partial charge in [-0.3, -0.25) is 9.69 Å². The van der Waals surface area contributed by atoms with Crippen LogP contribution in [-0.4, -0.2) is 23.9 Å². The Hall–Kier alpha value is -1.54. The zero-order chi connectivity index (χ0) is 19.3. The van der Waals surface area contributed by atoms with Gasteiger partial charge in [0.25, 0.3) is 0 Å². The number of carbonyl (C=O) groups is 1. The number of nitrogens with one attached hydrogen (secondary N) is 1. The van der Waals surface area contributed by atoms with Crippen LogP contribution in [0.5, 0.6) is 0 Å². The summed E-state index contributed by atoms with van der Waals surface area (Å²) in [5, 5.41) is 2.25. The maximum absolute atomic E-state index is 13.1. The van der Waals surface area contributed by atoms with Crippen LogP contribution in [-0.2, 0) is 17.5 Å². The normalized spacial score (nSPS) is 11.6. The maximum atomic E-state index is 13.1. The summed E-state index contributed by atoms with van der Waals surface area (Å²) < 4.78 is 39.9. The number of rotatable bonds is 7. The fourth-order valence-electron chi connectivity index (χ4n) is 2.28. The summed E-state index contributed by atoms with van der Waals surface area (Å²) in [6.07, 6.45) is -3.01. The molecule has 9 heteroatoms. The fraction of sp³-hybridized carbons (Fsp3) is 0.235. The van der Waals surface area contributed by atoms with Crippen molar-refractivity contribution in [1.82, 2.24) is 4.90 Å².